The fraction of sp³-hybridized carbons (Fsp3) is 0. The monoisotopic (exact) mass is 654 g/mol. The normalized spacial score (nSPS) is 11.0. The Morgan fingerprint density at radius 2 is 0.909 bits per heavy atom. The van der Waals surface area contributed by atoms with Crippen LogP contribution in [0.1, 0.15) is 11.1 Å². The zero-order valence-corrected chi connectivity index (χ0v) is 28.9. The van der Waals surface area contributed by atoms with Crippen LogP contribution in [0.25, 0.3) is 12.2 Å². The maximum atomic E-state index is 12.2. The number of amides is 2. The summed E-state index contributed by atoms with van der Waals surface area (Å²) in [7, 11) is -10.1. The van der Waals surface area contributed by atoms with Crippen molar-refractivity contribution in [3.8, 4) is 11.5 Å². The van der Waals surface area contributed by atoms with Gasteiger partial charge in [-0.1, -0.05) is 60.7 Å². The fourth-order valence-electron chi connectivity index (χ4n) is 3.59. The minimum absolute atomic E-state index is 0. The van der Waals surface area contributed by atoms with Gasteiger partial charge in [-0.3, -0.25) is 10.6 Å². The molecule has 0 aliphatic carbocycles. The van der Waals surface area contributed by atoms with Crippen LogP contribution in [0.15, 0.2) is 107 Å². The van der Waals surface area contributed by atoms with Crippen molar-refractivity contribution < 1.29 is 104 Å². The van der Waals surface area contributed by atoms with Crippen LogP contribution in [0, 0.1) is 0 Å². The number of hydrogen-bond acceptors (Lipinski definition) is 10. The van der Waals surface area contributed by atoms with E-state index in [1.807, 2.05) is 0 Å². The Morgan fingerprint density at radius 1 is 0.568 bits per heavy atom. The molecular formula is C28H20N2Na2O10S2. The van der Waals surface area contributed by atoms with E-state index in [4.69, 9.17) is 9.47 Å². The number of ether oxygens (including phenoxy) is 2. The number of nitrogens with one attached hydrogen (secondary N) is 2. The summed E-state index contributed by atoms with van der Waals surface area (Å²) in [5.74, 6) is 0.453. The van der Waals surface area contributed by atoms with Gasteiger partial charge < -0.3 is 18.6 Å². The Labute approximate surface area is 297 Å². The van der Waals surface area contributed by atoms with Gasteiger partial charge in [-0.05, 0) is 59.7 Å². The molecule has 4 aromatic rings. The molecule has 0 spiro atoms. The topological polar surface area (TPSA) is 191 Å². The van der Waals surface area contributed by atoms with Crippen molar-refractivity contribution in [2.45, 2.75) is 9.79 Å². The molecule has 0 aromatic heterocycles. The van der Waals surface area contributed by atoms with Crippen molar-refractivity contribution >= 4 is 55.9 Å². The second kappa shape index (κ2) is 16.3. The summed E-state index contributed by atoms with van der Waals surface area (Å²) in [6.45, 7) is 0. The third-order valence-corrected chi connectivity index (χ3v) is 7.19. The first kappa shape index (κ1) is 37.2. The van der Waals surface area contributed by atoms with Crippen LogP contribution in [0.5, 0.6) is 11.5 Å². The average molecular weight is 655 g/mol. The van der Waals surface area contributed by atoms with Gasteiger partial charge in [0.25, 0.3) is 0 Å². The Bertz CT molecular complexity index is 1730. The Kier molecular flexibility index (Phi) is 13.8. The fourth-order valence-corrected chi connectivity index (χ4v) is 4.98. The molecule has 0 saturated carbocycles. The minimum atomic E-state index is -5.07. The second-order valence-electron chi connectivity index (χ2n) is 8.40. The molecule has 44 heavy (non-hydrogen) atoms. The van der Waals surface area contributed by atoms with Crippen molar-refractivity contribution in [3.63, 3.8) is 0 Å². The van der Waals surface area contributed by atoms with Gasteiger partial charge >= 0.3 is 71.3 Å². The molecule has 0 unspecified atom stereocenters. The standard InChI is InChI=1S/C28H22N2O10S2.2Na/c31-27(39-23-7-3-1-4-8-23)29-21-15-13-19(25(17-21)41(33,34)35)11-12-20-14-16-22(18-26(20)42(36,37)38)30-28(32)40-24-9-5-2-6-10-24;;/h1-18H,(H,29,31)(H,30,32)(H,33,34,35)(H,36,37,38);;/q;2*+1/p-2/b12-11+;;. The van der Waals surface area contributed by atoms with Crippen LogP contribution < -0.4 is 79.2 Å². The second-order valence-corrected chi connectivity index (χ2v) is 11.1. The van der Waals surface area contributed by atoms with Gasteiger partial charge in [-0.25, -0.2) is 26.4 Å². The Morgan fingerprint density at radius 3 is 1.23 bits per heavy atom. The van der Waals surface area contributed by atoms with E-state index in [0.717, 1.165) is 24.3 Å². The van der Waals surface area contributed by atoms with E-state index in [1.54, 1.807) is 36.4 Å². The van der Waals surface area contributed by atoms with E-state index in [9.17, 15) is 35.5 Å². The number of anilines is 2. The molecular weight excluding hydrogens is 634 g/mol. The third-order valence-electron chi connectivity index (χ3n) is 5.41. The molecule has 12 nitrogen and oxygen atoms in total. The number of carbonyl (C=O) groups excluding carboxylic acids is 2. The molecule has 0 bridgehead atoms. The summed E-state index contributed by atoms with van der Waals surface area (Å²) in [6.07, 6.45) is 0.339. The first-order valence-electron chi connectivity index (χ1n) is 11.8. The van der Waals surface area contributed by atoms with Crippen LogP contribution in [0.2, 0.25) is 0 Å². The summed E-state index contributed by atoms with van der Waals surface area (Å²) in [5.41, 5.74) is -0.448. The van der Waals surface area contributed by atoms with Gasteiger partial charge in [0.15, 0.2) is 0 Å². The van der Waals surface area contributed by atoms with Crippen molar-refractivity contribution in [1.29, 1.82) is 0 Å². The van der Waals surface area contributed by atoms with E-state index >= 15 is 0 Å². The molecule has 216 valence electrons. The summed E-state index contributed by atoms with van der Waals surface area (Å²) >= 11 is 0. The van der Waals surface area contributed by atoms with Crippen LogP contribution in [-0.4, -0.2) is 38.1 Å². The van der Waals surface area contributed by atoms with Gasteiger partial charge in [0.05, 0.1) is 9.79 Å². The van der Waals surface area contributed by atoms with E-state index in [-0.39, 0.29) is 93.1 Å². The average Bonchev–Trinajstić information content (AvgIpc) is 2.92. The van der Waals surface area contributed by atoms with E-state index in [1.165, 1.54) is 48.5 Å². The van der Waals surface area contributed by atoms with Gasteiger partial charge in [-0.15, -0.1) is 0 Å². The van der Waals surface area contributed by atoms with E-state index in [0.29, 0.717) is 0 Å². The largest absolute Gasteiger partial charge is 1.00 e. The zero-order chi connectivity index (χ0) is 30.3. The van der Waals surface area contributed by atoms with Crippen LogP contribution in [-0.2, 0) is 20.2 Å². The van der Waals surface area contributed by atoms with Crippen LogP contribution in [0.3, 0.4) is 0 Å². The van der Waals surface area contributed by atoms with Crippen LogP contribution >= 0.6 is 0 Å². The van der Waals surface area contributed by atoms with E-state index < -0.39 is 42.2 Å². The van der Waals surface area contributed by atoms with Crippen molar-refractivity contribution in [2.75, 3.05) is 10.6 Å². The zero-order valence-electron chi connectivity index (χ0n) is 23.3. The van der Waals surface area contributed by atoms with Gasteiger partial charge in [0.2, 0.25) is 0 Å². The number of carbonyl (C=O) groups is 2. The molecule has 0 aliphatic rings. The Balaban J connectivity index is 0.00000337. The first-order valence-corrected chi connectivity index (χ1v) is 14.7. The molecule has 0 heterocycles. The predicted octanol–water partition coefficient (Wildman–Crippen LogP) is -1.10. The van der Waals surface area contributed by atoms with E-state index in [2.05, 4.69) is 10.6 Å². The third kappa shape index (κ3) is 10.9. The molecule has 2 N–H and O–H groups in total. The number of benzene rings is 4. The molecule has 4 rings (SSSR count). The van der Waals surface area contributed by atoms with Crippen molar-refractivity contribution in [1.82, 2.24) is 0 Å². The maximum absolute atomic E-state index is 12.2. The molecule has 0 saturated heterocycles. The smallest absolute Gasteiger partial charge is 0.744 e. The molecule has 16 heteroatoms. The van der Waals surface area contributed by atoms with Gasteiger partial charge in [0, 0.05) is 11.4 Å². The maximum Gasteiger partial charge on any atom is 1.00 e. The number of hydrogen-bond donors (Lipinski definition) is 2. The summed E-state index contributed by atoms with van der Waals surface area (Å²) < 4.78 is 82.0. The number of rotatable bonds is 8. The predicted molar refractivity (Wildman–Crippen MR) is 150 cm³/mol. The molecule has 2 amide bonds. The first-order chi connectivity index (χ1) is 19.9. The summed E-state index contributed by atoms with van der Waals surface area (Å²) in [6, 6.07) is 22.9. The molecule has 0 atom stereocenters. The summed E-state index contributed by atoms with van der Waals surface area (Å²) in [5, 5.41) is 4.63. The van der Waals surface area contributed by atoms with Gasteiger partial charge in [0.1, 0.15) is 31.7 Å². The van der Waals surface area contributed by atoms with Crippen molar-refractivity contribution in [2.24, 2.45) is 0 Å². The molecule has 0 aliphatic heterocycles. The summed E-state index contributed by atoms with van der Waals surface area (Å²) in [4.78, 5) is 22.9. The van der Waals surface area contributed by atoms with Crippen LogP contribution in [0.4, 0.5) is 21.0 Å². The molecule has 0 radical (unpaired) electrons. The Hall–Kier alpha value is -3.02. The van der Waals surface area contributed by atoms with Crippen molar-refractivity contribution in [3.05, 3.63) is 108 Å². The SMILES string of the molecule is O=C(Nc1ccc(/C=C/c2ccc(NC(=O)Oc3ccccc3)cc2S(=O)(=O)[O-])c(S(=O)(=O)[O-])c1)Oc1ccccc1.[Na+].[Na+]. The molecule has 0 fully saturated rings. The van der Waals surface area contributed by atoms with Gasteiger partial charge in [-0.2, -0.15) is 0 Å². The molecule has 4 aromatic carbocycles. The quantitative estimate of drug-likeness (QED) is 0.134. The minimum Gasteiger partial charge on any atom is -0.744 e. The number of para-hydroxylation sites is 2.